The molecular weight excluding hydrogens is 276 g/mol. The van der Waals surface area contributed by atoms with Crippen molar-refractivity contribution in [3.05, 3.63) is 18.0 Å². The van der Waals surface area contributed by atoms with E-state index in [-0.39, 0.29) is 4.90 Å². The van der Waals surface area contributed by atoms with Gasteiger partial charge in [-0.2, -0.15) is 4.31 Å². The maximum atomic E-state index is 12.2. The van der Waals surface area contributed by atoms with E-state index in [1.807, 2.05) is 6.92 Å². The fourth-order valence-electron chi connectivity index (χ4n) is 1.54. The Kier molecular flexibility index (Phi) is 5.89. The molecule has 8 heteroatoms. The van der Waals surface area contributed by atoms with Gasteiger partial charge >= 0.3 is 0 Å². The van der Waals surface area contributed by atoms with Crippen LogP contribution in [0.25, 0.3) is 0 Å². The number of aromatic amines is 1. The predicted octanol–water partition coefficient (Wildman–Crippen LogP) is 1.40. The topological polar surface area (TPSA) is 65.2 Å². The molecule has 0 spiro atoms. The number of hydrogen-bond acceptors (Lipinski definition) is 3. The highest BCUT2D eigenvalue weighted by molar-refractivity contribution is 7.89. The summed E-state index contributed by atoms with van der Waals surface area (Å²) in [5.74, 6) is 0. The Morgan fingerprint density at radius 3 is 2.74 bits per heavy atom. The van der Waals surface area contributed by atoms with Gasteiger partial charge in [-0.05, 0) is 19.0 Å². The van der Waals surface area contributed by atoms with E-state index in [4.69, 9.17) is 0 Å². The Bertz CT molecular complexity index is 488. The lowest BCUT2D eigenvalue weighted by Crippen LogP contribution is -2.31. The molecule has 0 unspecified atom stereocenters. The van der Waals surface area contributed by atoms with Crippen LogP contribution in [0.1, 0.15) is 19.0 Å². The molecule has 0 bridgehead atoms. The van der Waals surface area contributed by atoms with Crippen molar-refractivity contribution in [3.8, 4) is 0 Å². The van der Waals surface area contributed by atoms with Gasteiger partial charge in [0, 0.05) is 25.5 Å². The number of sulfonamides is 1. The van der Waals surface area contributed by atoms with E-state index < -0.39 is 23.0 Å². The molecule has 0 amide bonds. The first-order valence-corrected chi connectivity index (χ1v) is 7.44. The summed E-state index contributed by atoms with van der Waals surface area (Å²) >= 11 is 0. The number of alkyl halides is 2. The summed E-state index contributed by atoms with van der Waals surface area (Å²) in [5.41, 5.74) is 0.706. The number of nitrogens with zero attached hydrogens (tertiary/aromatic N) is 1. The number of halogens is 2. The van der Waals surface area contributed by atoms with Crippen molar-refractivity contribution in [2.75, 3.05) is 20.1 Å². The Morgan fingerprint density at radius 1 is 1.47 bits per heavy atom. The summed E-state index contributed by atoms with van der Waals surface area (Å²) in [5, 5.41) is 3.12. The van der Waals surface area contributed by atoms with Gasteiger partial charge in [0.25, 0.3) is 6.43 Å². The molecule has 0 atom stereocenters. The van der Waals surface area contributed by atoms with Crippen molar-refractivity contribution in [1.82, 2.24) is 14.6 Å². The maximum Gasteiger partial charge on any atom is 0.252 e. The van der Waals surface area contributed by atoms with Gasteiger partial charge in [-0.15, -0.1) is 0 Å². The van der Waals surface area contributed by atoms with Crippen LogP contribution in [-0.2, 0) is 16.6 Å². The van der Waals surface area contributed by atoms with E-state index in [0.29, 0.717) is 16.5 Å². The molecule has 0 aliphatic carbocycles. The Morgan fingerprint density at radius 2 is 2.16 bits per heavy atom. The minimum atomic E-state index is -3.85. The Balaban J connectivity index is 2.73. The van der Waals surface area contributed by atoms with E-state index in [2.05, 4.69) is 10.3 Å². The summed E-state index contributed by atoms with van der Waals surface area (Å²) in [6, 6.07) is 1.46. The van der Waals surface area contributed by atoms with E-state index >= 15 is 0 Å². The second kappa shape index (κ2) is 6.97. The van der Waals surface area contributed by atoms with Gasteiger partial charge in [0.2, 0.25) is 10.0 Å². The zero-order valence-electron chi connectivity index (χ0n) is 11.0. The molecule has 0 radical (unpaired) electrons. The number of nitrogens with one attached hydrogen (secondary N) is 2. The monoisotopic (exact) mass is 295 g/mol. The quantitative estimate of drug-likeness (QED) is 0.713. The van der Waals surface area contributed by atoms with Crippen LogP contribution in [0.15, 0.2) is 17.2 Å². The third-order valence-electron chi connectivity index (χ3n) is 2.56. The number of hydrogen-bond donors (Lipinski definition) is 2. The smallest absolute Gasteiger partial charge is 0.252 e. The molecule has 110 valence electrons. The van der Waals surface area contributed by atoms with Gasteiger partial charge in [0.15, 0.2) is 0 Å². The number of H-pyrrole nitrogens is 1. The second-order valence-electron chi connectivity index (χ2n) is 4.21. The van der Waals surface area contributed by atoms with Crippen LogP contribution in [0.3, 0.4) is 0 Å². The lowest BCUT2D eigenvalue weighted by atomic mass is 10.4. The van der Waals surface area contributed by atoms with Crippen LogP contribution in [0.2, 0.25) is 0 Å². The minimum Gasteiger partial charge on any atom is -0.363 e. The number of aromatic nitrogens is 1. The summed E-state index contributed by atoms with van der Waals surface area (Å²) < 4.78 is 49.0. The van der Waals surface area contributed by atoms with Gasteiger partial charge < -0.3 is 10.3 Å². The molecule has 1 aromatic rings. The van der Waals surface area contributed by atoms with Crippen LogP contribution >= 0.6 is 0 Å². The molecule has 0 aliphatic rings. The van der Waals surface area contributed by atoms with Gasteiger partial charge in [-0.25, -0.2) is 17.2 Å². The number of rotatable bonds is 8. The summed E-state index contributed by atoms with van der Waals surface area (Å²) in [7, 11) is -2.71. The minimum absolute atomic E-state index is 0.00366. The van der Waals surface area contributed by atoms with E-state index in [9.17, 15) is 17.2 Å². The van der Waals surface area contributed by atoms with Crippen LogP contribution in [0.4, 0.5) is 8.78 Å². The Labute approximate surface area is 112 Å². The molecule has 0 aromatic carbocycles. The fourth-order valence-corrected chi connectivity index (χ4v) is 2.71. The lowest BCUT2D eigenvalue weighted by molar-refractivity contribution is 0.126. The van der Waals surface area contributed by atoms with Gasteiger partial charge in [-0.3, -0.25) is 0 Å². The molecule has 1 heterocycles. The normalized spacial score (nSPS) is 12.5. The Hall–Kier alpha value is -0.990. The van der Waals surface area contributed by atoms with Crippen molar-refractivity contribution in [2.45, 2.75) is 31.2 Å². The first-order valence-electron chi connectivity index (χ1n) is 6.00. The lowest BCUT2D eigenvalue weighted by Gasteiger charge is -2.15. The highest BCUT2D eigenvalue weighted by Crippen LogP contribution is 2.16. The second-order valence-corrected chi connectivity index (χ2v) is 6.26. The molecule has 5 nitrogen and oxygen atoms in total. The molecule has 0 fully saturated rings. The molecule has 2 N–H and O–H groups in total. The van der Waals surface area contributed by atoms with Crippen molar-refractivity contribution in [3.63, 3.8) is 0 Å². The maximum absolute atomic E-state index is 12.2. The zero-order valence-corrected chi connectivity index (χ0v) is 11.8. The fraction of sp³-hybridized carbons (Fsp3) is 0.636. The van der Waals surface area contributed by atoms with E-state index in [1.54, 1.807) is 0 Å². The molecule has 0 saturated carbocycles. The van der Waals surface area contributed by atoms with Gasteiger partial charge in [0.05, 0.1) is 11.4 Å². The third-order valence-corrected chi connectivity index (χ3v) is 4.36. The van der Waals surface area contributed by atoms with Crippen molar-refractivity contribution < 1.29 is 17.2 Å². The van der Waals surface area contributed by atoms with Crippen LogP contribution < -0.4 is 5.32 Å². The molecule has 1 rings (SSSR count). The van der Waals surface area contributed by atoms with Gasteiger partial charge in [0.1, 0.15) is 0 Å². The van der Waals surface area contributed by atoms with E-state index in [0.717, 1.165) is 20.0 Å². The van der Waals surface area contributed by atoms with Crippen LogP contribution in [-0.4, -0.2) is 44.3 Å². The van der Waals surface area contributed by atoms with Crippen molar-refractivity contribution >= 4 is 10.0 Å². The van der Waals surface area contributed by atoms with Crippen LogP contribution in [0, 0.1) is 0 Å². The van der Waals surface area contributed by atoms with Crippen molar-refractivity contribution in [1.29, 1.82) is 0 Å². The standard InChI is InChI=1S/C11H19F2N3O2S/c1-3-4-14-6-9-5-10(7-15-9)19(17,18)16(2)8-11(12)13/h5,7,11,14-15H,3-4,6,8H2,1-2H3. The molecular formula is C11H19F2N3O2S. The summed E-state index contributed by atoms with van der Waals surface area (Å²) in [4.78, 5) is 2.83. The SMILES string of the molecule is CCCNCc1cc(S(=O)(=O)N(C)CC(F)F)c[nH]1. The average molecular weight is 295 g/mol. The highest BCUT2D eigenvalue weighted by atomic mass is 32.2. The molecule has 0 saturated heterocycles. The largest absolute Gasteiger partial charge is 0.363 e. The first-order chi connectivity index (χ1) is 8.87. The third kappa shape index (κ3) is 4.55. The molecule has 1 aromatic heterocycles. The predicted molar refractivity (Wildman–Crippen MR) is 68.6 cm³/mol. The first kappa shape index (κ1) is 16.1. The zero-order chi connectivity index (χ0) is 14.5. The van der Waals surface area contributed by atoms with Crippen molar-refractivity contribution in [2.24, 2.45) is 0 Å². The summed E-state index contributed by atoms with van der Waals surface area (Å²) in [6.45, 7) is 2.56. The average Bonchev–Trinajstić information content (AvgIpc) is 2.78. The highest BCUT2D eigenvalue weighted by Gasteiger charge is 2.24. The molecule has 19 heavy (non-hydrogen) atoms. The summed E-state index contributed by atoms with van der Waals surface area (Å²) in [6.07, 6.45) is -0.395. The van der Waals surface area contributed by atoms with E-state index in [1.165, 1.54) is 12.3 Å². The van der Waals surface area contributed by atoms with Gasteiger partial charge in [-0.1, -0.05) is 6.92 Å². The van der Waals surface area contributed by atoms with Crippen LogP contribution in [0.5, 0.6) is 0 Å². The molecule has 0 aliphatic heterocycles.